The molecule has 1 fully saturated rings. The molecule has 208 valence electrons. The number of anilines is 1. The zero-order valence-electron chi connectivity index (χ0n) is 21.1. The van der Waals surface area contributed by atoms with Gasteiger partial charge in [-0.15, -0.1) is 0 Å². The fourth-order valence-electron chi connectivity index (χ4n) is 4.73. The third-order valence-electron chi connectivity index (χ3n) is 6.57. The highest BCUT2D eigenvalue weighted by molar-refractivity contribution is 6.33. The van der Waals surface area contributed by atoms with E-state index in [1.807, 2.05) is 0 Å². The lowest BCUT2D eigenvalue weighted by Crippen LogP contribution is -2.44. The molecule has 2 atom stereocenters. The quantitative estimate of drug-likeness (QED) is 0.252. The third kappa shape index (κ3) is 5.40. The Morgan fingerprint density at radius 2 is 2.00 bits per heavy atom. The molecule has 0 bridgehead atoms. The van der Waals surface area contributed by atoms with Crippen molar-refractivity contribution in [1.82, 2.24) is 19.7 Å². The number of aliphatic imine (C=N–C) groups is 1. The minimum Gasteiger partial charge on any atom is -0.364 e. The number of carbonyl (C=O) groups excluding carboxylic acids is 4. The number of alkyl halides is 1. The maximum absolute atomic E-state index is 15.4. The normalized spacial score (nSPS) is 16.4. The minimum atomic E-state index is -1.50. The number of fused-ring (bicyclic) bond motifs is 1. The highest BCUT2D eigenvalue weighted by Crippen LogP contribution is 2.32. The topological polar surface area (TPSA) is 153 Å². The van der Waals surface area contributed by atoms with Gasteiger partial charge in [0.1, 0.15) is 18.8 Å². The standard InChI is InChI=1S/C27H20ClF2N7O4/c28-18-4-2-8-32-24(18)16-3-1-5-19(23(16)30)34-27(41)21-9-14(29)11-36(21)22(39)12-37-20-7-6-15(33-13-38)10-17(20)25(35-37)26(31)40/h1-8,10,14,21H,9,11-12H2,(H2,31,40)(H,34,41)/t14-,21+/m1/s1. The number of hydrogen-bond acceptors (Lipinski definition) is 7. The predicted octanol–water partition coefficient (Wildman–Crippen LogP) is 3.53. The van der Waals surface area contributed by atoms with Gasteiger partial charge in [0.2, 0.25) is 17.9 Å². The summed E-state index contributed by atoms with van der Waals surface area (Å²) in [6.45, 7) is -0.832. The first-order valence-electron chi connectivity index (χ1n) is 12.2. The number of pyridine rings is 1. The van der Waals surface area contributed by atoms with E-state index in [0.29, 0.717) is 5.52 Å². The van der Waals surface area contributed by atoms with E-state index in [1.165, 1.54) is 53.4 Å². The highest BCUT2D eigenvalue weighted by atomic mass is 35.5. The Hall–Kier alpha value is -5.00. The maximum atomic E-state index is 15.4. The van der Waals surface area contributed by atoms with Crippen LogP contribution in [-0.4, -0.2) is 62.2 Å². The van der Waals surface area contributed by atoms with Crippen LogP contribution in [0.15, 0.2) is 59.7 Å². The van der Waals surface area contributed by atoms with Crippen molar-refractivity contribution in [3.63, 3.8) is 0 Å². The van der Waals surface area contributed by atoms with Gasteiger partial charge in [0.15, 0.2) is 11.5 Å². The second-order valence-electron chi connectivity index (χ2n) is 9.16. The van der Waals surface area contributed by atoms with Crippen LogP contribution in [0.5, 0.6) is 0 Å². The lowest BCUT2D eigenvalue weighted by molar-refractivity contribution is -0.137. The fraction of sp³-hybridized carbons (Fsp3) is 0.185. The number of amides is 3. The van der Waals surface area contributed by atoms with E-state index < -0.39 is 42.3 Å². The zero-order valence-corrected chi connectivity index (χ0v) is 21.8. The lowest BCUT2D eigenvalue weighted by Gasteiger charge is -2.24. The Labute approximate surface area is 235 Å². The number of carbonyl (C=O) groups is 3. The van der Waals surface area contributed by atoms with Crippen LogP contribution in [0.3, 0.4) is 0 Å². The van der Waals surface area contributed by atoms with E-state index in [9.17, 15) is 23.6 Å². The van der Waals surface area contributed by atoms with Gasteiger partial charge in [-0.05, 0) is 42.5 Å². The van der Waals surface area contributed by atoms with Crippen molar-refractivity contribution in [2.24, 2.45) is 10.7 Å². The maximum Gasteiger partial charge on any atom is 0.269 e. The average Bonchev–Trinajstić information content (AvgIpc) is 3.51. The monoisotopic (exact) mass is 579 g/mol. The molecular weight excluding hydrogens is 560 g/mol. The molecule has 1 aliphatic heterocycles. The predicted molar refractivity (Wildman–Crippen MR) is 144 cm³/mol. The zero-order chi connectivity index (χ0) is 29.3. The van der Waals surface area contributed by atoms with Crippen molar-refractivity contribution in [2.75, 3.05) is 11.9 Å². The van der Waals surface area contributed by atoms with Gasteiger partial charge in [0, 0.05) is 23.6 Å². The molecule has 0 aliphatic carbocycles. The molecule has 11 nitrogen and oxygen atoms in total. The number of nitrogens with two attached hydrogens (primary N) is 1. The van der Waals surface area contributed by atoms with Crippen LogP contribution >= 0.6 is 11.6 Å². The molecular formula is C27H20ClF2N7O4. The first-order chi connectivity index (χ1) is 19.7. The Bertz CT molecular complexity index is 1760. The van der Waals surface area contributed by atoms with Gasteiger partial charge in [-0.2, -0.15) is 10.1 Å². The minimum absolute atomic E-state index is 0.0499. The summed E-state index contributed by atoms with van der Waals surface area (Å²) in [7, 11) is 0. The van der Waals surface area contributed by atoms with E-state index in [1.54, 1.807) is 12.1 Å². The van der Waals surface area contributed by atoms with E-state index in [-0.39, 0.29) is 51.7 Å². The number of benzene rings is 2. The number of halogens is 3. The summed E-state index contributed by atoms with van der Waals surface area (Å²) in [4.78, 5) is 57.7. The Morgan fingerprint density at radius 3 is 2.73 bits per heavy atom. The lowest BCUT2D eigenvalue weighted by atomic mass is 10.1. The van der Waals surface area contributed by atoms with Crippen molar-refractivity contribution < 1.29 is 28.0 Å². The number of primary amides is 1. The number of isocyanates is 1. The van der Waals surface area contributed by atoms with Crippen LogP contribution < -0.4 is 11.1 Å². The Kier molecular flexibility index (Phi) is 7.56. The Morgan fingerprint density at radius 1 is 1.20 bits per heavy atom. The third-order valence-corrected chi connectivity index (χ3v) is 6.88. The van der Waals surface area contributed by atoms with Crippen molar-refractivity contribution >= 4 is 57.7 Å². The van der Waals surface area contributed by atoms with Crippen LogP contribution in [0.25, 0.3) is 22.2 Å². The van der Waals surface area contributed by atoms with E-state index in [4.69, 9.17) is 17.3 Å². The second kappa shape index (κ2) is 11.2. The number of nitrogens with one attached hydrogen (secondary N) is 1. The van der Waals surface area contributed by atoms with E-state index >= 15 is 4.39 Å². The summed E-state index contributed by atoms with van der Waals surface area (Å²) >= 11 is 6.15. The smallest absolute Gasteiger partial charge is 0.269 e. The number of likely N-dealkylation sites (tertiary alicyclic amines) is 1. The summed E-state index contributed by atoms with van der Waals surface area (Å²) < 4.78 is 31.1. The molecule has 0 radical (unpaired) electrons. The summed E-state index contributed by atoms with van der Waals surface area (Å²) in [6.07, 6.45) is 1.04. The van der Waals surface area contributed by atoms with Gasteiger partial charge < -0.3 is 16.0 Å². The molecule has 2 aromatic carbocycles. The van der Waals surface area contributed by atoms with E-state index in [2.05, 4.69) is 20.4 Å². The van der Waals surface area contributed by atoms with Crippen LogP contribution in [0.2, 0.25) is 5.02 Å². The molecule has 3 N–H and O–H groups in total. The molecule has 3 heterocycles. The molecule has 3 amide bonds. The number of rotatable bonds is 7. The summed E-state index contributed by atoms with van der Waals surface area (Å²) in [6, 6.07) is 10.5. The second-order valence-corrected chi connectivity index (χ2v) is 9.57. The van der Waals surface area contributed by atoms with Crippen molar-refractivity contribution in [3.8, 4) is 11.3 Å². The first kappa shape index (κ1) is 27.6. The van der Waals surface area contributed by atoms with Crippen LogP contribution in [0, 0.1) is 5.82 Å². The number of aromatic nitrogens is 3. The summed E-state index contributed by atoms with van der Waals surface area (Å²) in [5.41, 5.74) is 5.81. The number of hydrogen-bond donors (Lipinski definition) is 2. The van der Waals surface area contributed by atoms with Crippen molar-refractivity contribution in [1.29, 1.82) is 0 Å². The molecule has 14 heteroatoms. The molecule has 4 aromatic rings. The SMILES string of the molecule is NC(=O)c1nn(CC(=O)N2C[C@H](F)C[C@H]2C(=O)Nc2cccc(-c3ncccc3Cl)c2F)c2ccc(N=C=O)cc12. The molecule has 1 aliphatic rings. The highest BCUT2D eigenvalue weighted by Gasteiger charge is 2.40. The van der Waals surface area contributed by atoms with Gasteiger partial charge in [-0.1, -0.05) is 17.7 Å². The fourth-order valence-corrected chi connectivity index (χ4v) is 4.95. The van der Waals surface area contributed by atoms with Crippen molar-refractivity contribution in [3.05, 3.63) is 71.3 Å². The number of nitrogens with zero attached hydrogens (tertiary/aromatic N) is 5. The molecule has 0 saturated carbocycles. The van der Waals surface area contributed by atoms with Crippen molar-refractivity contribution in [2.45, 2.75) is 25.2 Å². The molecule has 5 rings (SSSR count). The van der Waals surface area contributed by atoms with Gasteiger partial charge in [-0.25, -0.2) is 13.6 Å². The molecule has 2 aromatic heterocycles. The van der Waals surface area contributed by atoms with E-state index in [0.717, 1.165) is 4.90 Å². The average molecular weight is 580 g/mol. The molecule has 41 heavy (non-hydrogen) atoms. The largest absolute Gasteiger partial charge is 0.364 e. The van der Waals surface area contributed by atoms with Crippen LogP contribution in [0.4, 0.5) is 20.2 Å². The first-order valence-corrected chi connectivity index (χ1v) is 12.6. The van der Waals surface area contributed by atoms with Crippen LogP contribution in [-0.2, 0) is 20.9 Å². The van der Waals surface area contributed by atoms with Gasteiger partial charge in [0.05, 0.1) is 34.2 Å². The molecule has 0 spiro atoms. The van der Waals surface area contributed by atoms with Gasteiger partial charge in [0.25, 0.3) is 5.91 Å². The molecule has 1 saturated heterocycles. The summed E-state index contributed by atoms with van der Waals surface area (Å²) in [5.74, 6) is -3.14. The summed E-state index contributed by atoms with van der Waals surface area (Å²) in [5, 5.41) is 7.01. The van der Waals surface area contributed by atoms with Gasteiger partial charge in [-0.3, -0.25) is 24.0 Å². The van der Waals surface area contributed by atoms with Gasteiger partial charge >= 0.3 is 0 Å². The molecule has 0 unspecified atom stereocenters. The Balaban J connectivity index is 1.39. The van der Waals surface area contributed by atoms with Crippen LogP contribution in [0.1, 0.15) is 16.9 Å².